The third-order valence-electron chi connectivity index (χ3n) is 4.79. The molecule has 0 N–H and O–H groups in total. The Bertz CT molecular complexity index is 454. The first kappa shape index (κ1) is 20.6. The molecule has 0 aromatic heterocycles. The fraction of sp³-hybridized carbons (Fsp3) is 0.550. The van der Waals surface area contributed by atoms with Crippen molar-refractivity contribution in [3.63, 3.8) is 0 Å². The average Bonchev–Trinajstić information content (AvgIpc) is 2.58. The SMILES string of the molecule is CC(C)(C)C1=CC=CCC1.C[C]1C(C)=C(C)C(C)=C1C.[Ir]. The molecule has 0 atom stereocenters. The zero-order valence-corrected chi connectivity index (χ0v) is 17.4. The topological polar surface area (TPSA) is 0 Å². The van der Waals surface area contributed by atoms with Crippen molar-refractivity contribution in [2.24, 2.45) is 5.41 Å². The predicted octanol–water partition coefficient (Wildman–Crippen LogP) is 6.57. The van der Waals surface area contributed by atoms with Gasteiger partial charge in [0.05, 0.1) is 0 Å². The minimum atomic E-state index is 0. The molecule has 0 bridgehead atoms. The molecule has 0 amide bonds. The van der Waals surface area contributed by atoms with E-state index in [9.17, 15) is 0 Å². The van der Waals surface area contributed by atoms with Gasteiger partial charge in [0, 0.05) is 26.0 Å². The molecule has 0 fully saturated rings. The summed E-state index contributed by atoms with van der Waals surface area (Å²) < 4.78 is 0. The molecule has 0 aromatic rings. The number of allylic oxidation sites excluding steroid dienone is 8. The largest absolute Gasteiger partial charge is 0.0842 e. The van der Waals surface area contributed by atoms with Crippen molar-refractivity contribution in [3.05, 3.63) is 52.0 Å². The van der Waals surface area contributed by atoms with Gasteiger partial charge in [-0.1, -0.05) is 62.6 Å². The second kappa shape index (κ2) is 8.30. The van der Waals surface area contributed by atoms with Gasteiger partial charge in [0.2, 0.25) is 0 Å². The van der Waals surface area contributed by atoms with Crippen LogP contribution < -0.4 is 0 Å². The standard InChI is InChI=1S/C10H15.C10H16.Ir/c1-6-7(2)9(4)10(5)8(6)3;1-10(2,3)9-7-5-4-6-8-9;/h1-5H3;4-5,7H,6,8H2,1-3H3;. The molecule has 0 aromatic carbocycles. The van der Waals surface area contributed by atoms with Crippen LogP contribution in [0.15, 0.2) is 46.1 Å². The number of rotatable bonds is 0. The maximum atomic E-state index is 2.28. The molecule has 1 heteroatoms. The van der Waals surface area contributed by atoms with Gasteiger partial charge >= 0.3 is 0 Å². The van der Waals surface area contributed by atoms with Gasteiger partial charge in [-0.05, 0) is 57.1 Å². The number of hydrogen-bond acceptors (Lipinski definition) is 0. The molecule has 0 spiro atoms. The molecule has 2 radical (unpaired) electrons. The van der Waals surface area contributed by atoms with Crippen LogP contribution in [0, 0.1) is 11.3 Å². The van der Waals surface area contributed by atoms with Crippen molar-refractivity contribution in [2.75, 3.05) is 0 Å². The summed E-state index contributed by atoms with van der Waals surface area (Å²) in [5.74, 6) is 1.47. The first-order valence-corrected chi connectivity index (χ1v) is 7.72. The molecule has 0 aliphatic heterocycles. The second-order valence-corrected chi connectivity index (χ2v) is 7.03. The molecular weight excluding hydrogens is 432 g/mol. The first-order valence-electron chi connectivity index (χ1n) is 7.72. The van der Waals surface area contributed by atoms with Gasteiger partial charge in [0.15, 0.2) is 0 Å². The van der Waals surface area contributed by atoms with Crippen molar-refractivity contribution < 1.29 is 20.1 Å². The predicted molar refractivity (Wildman–Crippen MR) is 91.6 cm³/mol. The van der Waals surface area contributed by atoms with Gasteiger partial charge in [-0.15, -0.1) is 0 Å². The minimum Gasteiger partial charge on any atom is -0.0842 e. The Morgan fingerprint density at radius 3 is 1.48 bits per heavy atom. The van der Waals surface area contributed by atoms with E-state index in [0.29, 0.717) is 5.41 Å². The second-order valence-electron chi connectivity index (χ2n) is 7.03. The Morgan fingerprint density at radius 2 is 1.29 bits per heavy atom. The Balaban J connectivity index is 0.000000364. The van der Waals surface area contributed by atoms with Gasteiger partial charge in [-0.2, -0.15) is 0 Å². The zero-order chi connectivity index (χ0) is 15.5. The van der Waals surface area contributed by atoms with E-state index in [4.69, 9.17) is 0 Å². The summed E-state index contributed by atoms with van der Waals surface area (Å²) in [5.41, 5.74) is 7.83. The summed E-state index contributed by atoms with van der Waals surface area (Å²) in [6, 6.07) is 0. The molecule has 21 heavy (non-hydrogen) atoms. The summed E-state index contributed by atoms with van der Waals surface area (Å²) in [5, 5.41) is 0. The minimum absolute atomic E-state index is 0. The maximum Gasteiger partial charge on any atom is 0.0226 e. The molecular formula is C20H31Ir. The van der Waals surface area contributed by atoms with Gasteiger partial charge in [0.1, 0.15) is 0 Å². The van der Waals surface area contributed by atoms with E-state index in [0.717, 1.165) is 0 Å². The fourth-order valence-corrected chi connectivity index (χ4v) is 2.63. The average molecular weight is 464 g/mol. The Labute approximate surface area is 145 Å². The third kappa shape index (κ3) is 5.38. The molecule has 2 rings (SSSR count). The van der Waals surface area contributed by atoms with Crippen LogP contribution in [0.25, 0.3) is 0 Å². The molecule has 0 heterocycles. The summed E-state index contributed by atoms with van der Waals surface area (Å²) in [6.45, 7) is 17.8. The van der Waals surface area contributed by atoms with Crippen LogP contribution in [0.4, 0.5) is 0 Å². The maximum absolute atomic E-state index is 2.28. The van der Waals surface area contributed by atoms with Crippen molar-refractivity contribution in [2.45, 2.75) is 68.2 Å². The van der Waals surface area contributed by atoms with Crippen molar-refractivity contribution in [3.8, 4) is 0 Å². The molecule has 2 aliphatic rings. The van der Waals surface area contributed by atoms with E-state index in [1.54, 1.807) is 5.57 Å². The molecule has 120 valence electrons. The first-order chi connectivity index (χ1) is 9.16. The third-order valence-corrected chi connectivity index (χ3v) is 4.79. The Kier molecular flexibility index (Phi) is 8.14. The van der Waals surface area contributed by atoms with Gasteiger partial charge in [-0.3, -0.25) is 0 Å². The summed E-state index contributed by atoms with van der Waals surface area (Å²) in [7, 11) is 0. The molecule has 0 unspecified atom stereocenters. The smallest absolute Gasteiger partial charge is 0.0226 e. The van der Waals surface area contributed by atoms with Gasteiger partial charge in [-0.25, -0.2) is 0 Å². The van der Waals surface area contributed by atoms with E-state index in [-0.39, 0.29) is 20.1 Å². The Morgan fingerprint density at radius 1 is 0.810 bits per heavy atom. The van der Waals surface area contributed by atoms with Crippen molar-refractivity contribution >= 4 is 0 Å². The van der Waals surface area contributed by atoms with Gasteiger partial charge < -0.3 is 0 Å². The normalized spacial score (nSPS) is 19.1. The Hall–Kier alpha value is -0.391. The quantitative estimate of drug-likeness (QED) is 0.381. The van der Waals surface area contributed by atoms with Crippen molar-refractivity contribution in [1.29, 1.82) is 0 Å². The van der Waals surface area contributed by atoms with E-state index >= 15 is 0 Å². The fourth-order valence-electron chi connectivity index (χ4n) is 2.63. The van der Waals surface area contributed by atoms with Crippen molar-refractivity contribution in [1.82, 2.24) is 0 Å². The van der Waals surface area contributed by atoms with Crippen LogP contribution in [0.1, 0.15) is 68.2 Å². The van der Waals surface area contributed by atoms with Crippen LogP contribution in [0.3, 0.4) is 0 Å². The number of hydrogen-bond donors (Lipinski definition) is 0. The van der Waals surface area contributed by atoms with E-state index in [1.165, 1.54) is 41.1 Å². The van der Waals surface area contributed by atoms with Crippen LogP contribution in [0.2, 0.25) is 0 Å². The monoisotopic (exact) mass is 464 g/mol. The van der Waals surface area contributed by atoms with E-state index in [1.807, 2.05) is 0 Å². The molecule has 0 saturated carbocycles. The molecule has 0 saturated heterocycles. The van der Waals surface area contributed by atoms with Crippen LogP contribution >= 0.6 is 0 Å². The van der Waals surface area contributed by atoms with E-state index < -0.39 is 0 Å². The molecule has 2 aliphatic carbocycles. The van der Waals surface area contributed by atoms with Crippen LogP contribution in [0.5, 0.6) is 0 Å². The van der Waals surface area contributed by atoms with E-state index in [2.05, 4.69) is 73.6 Å². The van der Waals surface area contributed by atoms with Crippen LogP contribution in [-0.2, 0) is 20.1 Å². The summed E-state index contributed by atoms with van der Waals surface area (Å²) >= 11 is 0. The van der Waals surface area contributed by atoms with Crippen LogP contribution in [-0.4, -0.2) is 0 Å². The van der Waals surface area contributed by atoms with Gasteiger partial charge in [0.25, 0.3) is 0 Å². The molecule has 0 nitrogen and oxygen atoms in total. The zero-order valence-electron chi connectivity index (χ0n) is 15.0. The summed E-state index contributed by atoms with van der Waals surface area (Å²) in [4.78, 5) is 0. The summed E-state index contributed by atoms with van der Waals surface area (Å²) in [6.07, 6.45) is 9.13.